The molecule has 0 atom stereocenters. The maximum Gasteiger partial charge on any atom is 0.261 e. The SMILES string of the molecule is O=C(NCCC(=O)N1CCN(c2ccccc2)CC1)c1ccc(S(=O)(=O)Nc2ccccc2)cc1. The Bertz CT molecular complexity index is 1240. The molecule has 3 aromatic carbocycles. The zero-order chi connectivity index (χ0) is 24.7. The van der Waals surface area contributed by atoms with E-state index in [-0.39, 0.29) is 29.7 Å². The van der Waals surface area contributed by atoms with E-state index in [0.29, 0.717) is 24.3 Å². The first-order valence-electron chi connectivity index (χ1n) is 11.5. The molecule has 0 spiro atoms. The van der Waals surface area contributed by atoms with E-state index in [1.807, 2.05) is 23.1 Å². The summed E-state index contributed by atoms with van der Waals surface area (Å²) in [4.78, 5) is 29.1. The smallest absolute Gasteiger partial charge is 0.261 e. The van der Waals surface area contributed by atoms with Crippen LogP contribution in [0.15, 0.2) is 89.8 Å². The third-order valence-corrected chi connectivity index (χ3v) is 7.23. The molecule has 0 bridgehead atoms. The van der Waals surface area contributed by atoms with Crippen molar-refractivity contribution < 1.29 is 18.0 Å². The van der Waals surface area contributed by atoms with E-state index in [1.54, 1.807) is 30.3 Å². The van der Waals surface area contributed by atoms with Gasteiger partial charge in [0.2, 0.25) is 5.91 Å². The van der Waals surface area contributed by atoms with Crippen molar-refractivity contribution in [2.45, 2.75) is 11.3 Å². The summed E-state index contributed by atoms with van der Waals surface area (Å²) in [5.41, 5.74) is 1.94. The average Bonchev–Trinajstić information content (AvgIpc) is 2.89. The van der Waals surface area contributed by atoms with Gasteiger partial charge in [0.1, 0.15) is 0 Å². The number of rotatable bonds is 8. The number of para-hydroxylation sites is 2. The fourth-order valence-electron chi connectivity index (χ4n) is 3.90. The zero-order valence-electron chi connectivity index (χ0n) is 19.3. The molecule has 35 heavy (non-hydrogen) atoms. The Balaban J connectivity index is 1.23. The first-order chi connectivity index (χ1) is 16.9. The van der Waals surface area contributed by atoms with Crippen molar-refractivity contribution in [3.8, 4) is 0 Å². The Morgan fingerprint density at radius 1 is 0.771 bits per heavy atom. The van der Waals surface area contributed by atoms with Gasteiger partial charge in [-0.3, -0.25) is 14.3 Å². The van der Waals surface area contributed by atoms with Gasteiger partial charge in [-0.25, -0.2) is 8.42 Å². The molecule has 8 nitrogen and oxygen atoms in total. The van der Waals surface area contributed by atoms with Gasteiger partial charge in [0.15, 0.2) is 0 Å². The minimum absolute atomic E-state index is 0.00596. The Labute approximate surface area is 205 Å². The minimum atomic E-state index is -3.75. The molecule has 0 aliphatic carbocycles. The highest BCUT2D eigenvalue weighted by Gasteiger charge is 2.21. The van der Waals surface area contributed by atoms with Gasteiger partial charge < -0.3 is 15.1 Å². The third-order valence-electron chi connectivity index (χ3n) is 5.83. The van der Waals surface area contributed by atoms with Gasteiger partial charge in [-0.15, -0.1) is 0 Å². The Hall–Kier alpha value is -3.85. The number of carbonyl (C=O) groups excluding carboxylic acids is 2. The van der Waals surface area contributed by atoms with E-state index in [0.717, 1.165) is 18.8 Å². The van der Waals surface area contributed by atoms with Gasteiger partial charge in [0.05, 0.1) is 4.90 Å². The second kappa shape index (κ2) is 11.1. The van der Waals surface area contributed by atoms with Crippen molar-refractivity contribution in [1.29, 1.82) is 0 Å². The molecule has 1 aliphatic heterocycles. The van der Waals surface area contributed by atoms with Crippen molar-refractivity contribution in [3.05, 3.63) is 90.5 Å². The molecule has 4 rings (SSSR count). The summed E-state index contributed by atoms with van der Waals surface area (Å²) in [6, 6.07) is 24.4. The summed E-state index contributed by atoms with van der Waals surface area (Å²) in [6.07, 6.45) is 0.213. The lowest BCUT2D eigenvalue weighted by atomic mass is 10.2. The molecule has 1 fully saturated rings. The fraction of sp³-hybridized carbons (Fsp3) is 0.231. The van der Waals surface area contributed by atoms with Crippen LogP contribution in [0.3, 0.4) is 0 Å². The third kappa shape index (κ3) is 6.39. The first-order valence-corrected chi connectivity index (χ1v) is 12.9. The topological polar surface area (TPSA) is 98.8 Å². The van der Waals surface area contributed by atoms with Gasteiger partial charge >= 0.3 is 0 Å². The molecule has 182 valence electrons. The van der Waals surface area contributed by atoms with Gasteiger partial charge in [0, 0.05) is 56.1 Å². The van der Waals surface area contributed by atoms with Crippen LogP contribution in [0.2, 0.25) is 0 Å². The van der Waals surface area contributed by atoms with Crippen molar-refractivity contribution >= 4 is 33.2 Å². The number of amides is 2. The van der Waals surface area contributed by atoms with E-state index in [4.69, 9.17) is 0 Å². The molecule has 0 radical (unpaired) electrons. The lowest BCUT2D eigenvalue weighted by molar-refractivity contribution is -0.131. The lowest BCUT2D eigenvalue weighted by Crippen LogP contribution is -2.49. The monoisotopic (exact) mass is 492 g/mol. The summed E-state index contributed by atoms with van der Waals surface area (Å²) in [5.74, 6) is -0.349. The van der Waals surface area contributed by atoms with Crippen LogP contribution in [-0.2, 0) is 14.8 Å². The zero-order valence-corrected chi connectivity index (χ0v) is 20.1. The molecule has 0 saturated carbocycles. The van der Waals surface area contributed by atoms with Crippen LogP contribution >= 0.6 is 0 Å². The molecular formula is C26H28N4O4S. The summed E-state index contributed by atoms with van der Waals surface area (Å²) in [7, 11) is -3.75. The fourth-order valence-corrected chi connectivity index (χ4v) is 4.96. The maximum absolute atomic E-state index is 12.5. The lowest BCUT2D eigenvalue weighted by Gasteiger charge is -2.36. The first kappa shape index (κ1) is 24.3. The number of nitrogens with zero attached hydrogens (tertiary/aromatic N) is 2. The number of hydrogen-bond acceptors (Lipinski definition) is 5. The van der Waals surface area contributed by atoms with Crippen LogP contribution in [0.25, 0.3) is 0 Å². The van der Waals surface area contributed by atoms with Crippen LogP contribution in [0, 0.1) is 0 Å². The molecule has 2 amide bonds. The van der Waals surface area contributed by atoms with E-state index >= 15 is 0 Å². The van der Waals surface area contributed by atoms with Gasteiger partial charge in [-0.1, -0.05) is 36.4 Å². The molecule has 2 N–H and O–H groups in total. The van der Waals surface area contributed by atoms with Gasteiger partial charge in [-0.05, 0) is 48.5 Å². The van der Waals surface area contributed by atoms with Crippen molar-refractivity contribution in [3.63, 3.8) is 0 Å². The minimum Gasteiger partial charge on any atom is -0.368 e. The molecule has 9 heteroatoms. The van der Waals surface area contributed by atoms with Crippen LogP contribution in [0.5, 0.6) is 0 Å². The van der Waals surface area contributed by atoms with E-state index < -0.39 is 10.0 Å². The number of sulfonamides is 1. The van der Waals surface area contributed by atoms with E-state index in [2.05, 4.69) is 27.1 Å². The van der Waals surface area contributed by atoms with Crippen LogP contribution in [0.4, 0.5) is 11.4 Å². The molecule has 1 aliphatic rings. The van der Waals surface area contributed by atoms with Gasteiger partial charge in [0.25, 0.3) is 15.9 Å². The number of nitrogens with one attached hydrogen (secondary N) is 2. The quantitative estimate of drug-likeness (QED) is 0.504. The summed E-state index contributed by atoms with van der Waals surface area (Å²) >= 11 is 0. The van der Waals surface area contributed by atoms with Crippen molar-refractivity contribution in [2.24, 2.45) is 0 Å². The van der Waals surface area contributed by atoms with Crippen LogP contribution in [-0.4, -0.2) is 57.9 Å². The molecule has 3 aromatic rings. The van der Waals surface area contributed by atoms with Crippen LogP contribution < -0.4 is 14.9 Å². The molecule has 1 saturated heterocycles. The predicted molar refractivity (Wildman–Crippen MR) is 136 cm³/mol. The summed E-state index contributed by atoms with van der Waals surface area (Å²) < 4.78 is 27.5. The molecule has 0 unspecified atom stereocenters. The van der Waals surface area contributed by atoms with E-state index in [9.17, 15) is 18.0 Å². The second-order valence-electron chi connectivity index (χ2n) is 8.21. The number of piperazine rings is 1. The predicted octanol–water partition coefficient (Wildman–Crippen LogP) is 2.96. The molecular weight excluding hydrogens is 464 g/mol. The molecule has 1 heterocycles. The van der Waals surface area contributed by atoms with Crippen molar-refractivity contribution in [2.75, 3.05) is 42.3 Å². The summed E-state index contributed by atoms with van der Waals surface area (Å²) in [5, 5.41) is 2.74. The highest BCUT2D eigenvalue weighted by atomic mass is 32.2. The normalized spacial score (nSPS) is 13.8. The number of benzene rings is 3. The number of carbonyl (C=O) groups is 2. The molecule has 0 aromatic heterocycles. The summed E-state index contributed by atoms with van der Waals surface area (Å²) in [6.45, 7) is 3.06. The second-order valence-corrected chi connectivity index (χ2v) is 9.89. The Morgan fingerprint density at radius 3 is 2.00 bits per heavy atom. The Morgan fingerprint density at radius 2 is 1.37 bits per heavy atom. The number of anilines is 2. The Kier molecular flexibility index (Phi) is 7.67. The van der Waals surface area contributed by atoms with E-state index in [1.165, 1.54) is 24.3 Å². The largest absolute Gasteiger partial charge is 0.368 e. The average molecular weight is 493 g/mol. The maximum atomic E-state index is 12.5. The van der Waals surface area contributed by atoms with Crippen LogP contribution in [0.1, 0.15) is 16.8 Å². The number of hydrogen-bond donors (Lipinski definition) is 2. The van der Waals surface area contributed by atoms with Crippen molar-refractivity contribution in [1.82, 2.24) is 10.2 Å². The standard InChI is InChI=1S/C26H28N4O4S/c31-25(30-19-17-29(18-20-30)23-9-5-2-6-10-23)15-16-27-26(32)21-11-13-24(14-12-21)35(33,34)28-22-7-3-1-4-8-22/h1-14,28H,15-20H2,(H,27,32). The highest BCUT2D eigenvalue weighted by molar-refractivity contribution is 7.92. The van der Waals surface area contributed by atoms with Gasteiger partial charge in [-0.2, -0.15) is 0 Å². The highest BCUT2D eigenvalue weighted by Crippen LogP contribution is 2.17.